The van der Waals surface area contributed by atoms with Crippen molar-refractivity contribution in [2.75, 3.05) is 6.61 Å². The third kappa shape index (κ3) is 5.94. The van der Waals surface area contributed by atoms with Crippen molar-refractivity contribution in [3.63, 3.8) is 0 Å². The molecular weight excluding hydrogens is 222 g/mol. The molecule has 0 aromatic rings. The standard InChI is InChI=1S/C8H13NO7/c10-3-4(1-6(11)12)9-5(8(15)16)2-7(13)14/h4-5,9-10H,1-3H2,(H,11,12)(H,13,14)(H,15,16). The van der Waals surface area contributed by atoms with Crippen molar-refractivity contribution in [2.45, 2.75) is 24.9 Å². The number of rotatable bonds is 8. The molecule has 2 unspecified atom stereocenters. The van der Waals surface area contributed by atoms with Gasteiger partial charge in [0, 0.05) is 6.04 Å². The Kier molecular flexibility index (Phi) is 6.04. The minimum absolute atomic E-state index is 0.486. The number of carboxylic acids is 3. The SMILES string of the molecule is O=C(O)CC(CO)NC(CC(=O)O)C(=O)O. The highest BCUT2D eigenvalue weighted by Gasteiger charge is 2.24. The first kappa shape index (κ1) is 14.3. The minimum atomic E-state index is -1.42. The van der Waals surface area contributed by atoms with Gasteiger partial charge in [0.2, 0.25) is 0 Å². The summed E-state index contributed by atoms with van der Waals surface area (Å²) in [5.41, 5.74) is 0. The molecule has 0 heterocycles. The molecule has 0 spiro atoms. The average molecular weight is 235 g/mol. The quantitative estimate of drug-likeness (QED) is 0.336. The van der Waals surface area contributed by atoms with Gasteiger partial charge in [0.15, 0.2) is 0 Å². The third-order valence-electron chi connectivity index (χ3n) is 1.76. The topological polar surface area (TPSA) is 144 Å². The van der Waals surface area contributed by atoms with Gasteiger partial charge >= 0.3 is 17.9 Å². The summed E-state index contributed by atoms with van der Waals surface area (Å²) in [6.07, 6.45) is -1.18. The van der Waals surface area contributed by atoms with Crippen LogP contribution in [0.3, 0.4) is 0 Å². The molecule has 92 valence electrons. The molecule has 8 nitrogen and oxygen atoms in total. The second-order valence-electron chi connectivity index (χ2n) is 3.13. The molecule has 0 aliphatic carbocycles. The van der Waals surface area contributed by atoms with Gasteiger partial charge in [0.1, 0.15) is 6.04 Å². The van der Waals surface area contributed by atoms with Gasteiger partial charge in [-0.1, -0.05) is 0 Å². The number of nitrogens with one attached hydrogen (secondary N) is 1. The molecule has 0 saturated heterocycles. The normalized spacial score (nSPS) is 14.1. The van der Waals surface area contributed by atoms with Gasteiger partial charge in [-0.15, -0.1) is 0 Å². The predicted octanol–water partition coefficient (Wildman–Crippen LogP) is -1.66. The number of carbonyl (C=O) groups is 3. The van der Waals surface area contributed by atoms with Crippen molar-refractivity contribution in [3.8, 4) is 0 Å². The van der Waals surface area contributed by atoms with Crippen LogP contribution in [0.1, 0.15) is 12.8 Å². The molecule has 16 heavy (non-hydrogen) atoms. The summed E-state index contributed by atoms with van der Waals surface area (Å²) in [7, 11) is 0. The van der Waals surface area contributed by atoms with E-state index in [0.29, 0.717) is 0 Å². The lowest BCUT2D eigenvalue weighted by atomic mass is 10.1. The zero-order valence-electron chi connectivity index (χ0n) is 8.29. The molecule has 0 saturated carbocycles. The predicted molar refractivity (Wildman–Crippen MR) is 49.9 cm³/mol. The first-order chi connectivity index (χ1) is 7.36. The van der Waals surface area contributed by atoms with E-state index in [2.05, 4.69) is 5.32 Å². The van der Waals surface area contributed by atoms with Gasteiger partial charge in [-0.25, -0.2) is 0 Å². The van der Waals surface area contributed by atoms with E-state index in [1.54, 1.807) is 0 Å². The summed E-state index contributed by atoms with van der Waals surface area (Å²) in [6, 6.07) is -2.41. The Bertz CT molecular complexity index is 278. The van der Waals surface area contributed by atoms with E-state index in [1.165, 1.54) is 0 Å². The lowest BCUT2D eigenvalue weighted by molar-refractivity contribution is -0.146. The van der Waals surface area contributed by atoms with E-state index in [0.717, 1.165) is 0 Å². The Morgan fingerprint density at radius 2 is 1.50 bits per heavy atom. The van der Waals surface area contributed by atoms with Crippen molar-refractivity contribution < 1.29 is 34.8 Å². The van der Waals surface area contributed by atoms with Crippen LogP contribution < -0.4 is 5.32 Å². The molecule has 0 amide bonds. The second kappa shape index (κ2) is 6.75. The number of aliphatic hydroxyl groups is 1. The number of carboxylic acid groups (broad SMARTS) is 3. The molecule has 0 aromatic carbocycles. The number of aliphatic carboxylic acids is 3. The summed E-state index contributed by atoms with van der Waals surface area (Å²) < 4.78 is 0. The Balaban J connectivity index is 4.39. The summed E-state index contributed by atoms with van der Waals surface area (Å²) in [5, 5.41) is 36.5. The highest BCUT2D eigenvalue weighted by atomic mass is 16.4. The molecule has 0 fully saturated rings. The fourth-order valence-corrected chi connectivity index (χ4v) is 1.06. The van der Waals surface area contributed by atoms with Gasteiger partial charge in [-0.2, -0.15) is 0 Å². The van der Waals surface area contributed by atoms with Crippen LogP contribution in [0.4, 0.5) is 0 Å². The van der Waals surface area contributed by atoms with Crippen LogP contribution in [0.25, 0.3) is 0 Å². The van der Waals surface area contributed by atoms with Crippen molar-refractivity contribution in [3.05, 3.63) is 0 Å². The molecule has 0 bridgehead atoms. The first-order valence-electron chi connectivity index (χ1n) is 4.40. The van der Waals surface area contributed by atoms with Crippen LogP contribution in [-0.4, -0.2) is 57.0 Å². The van der Waals surface area contributed by atoms with Gasteiger partial charge in [-0.3, -0.25) is 19.7 Å². The van der Waals surface area contributed by atoms with E-state index in [1.807, 2.05) is 0 Å². The zero-order valence-corrected chi connectivity index (χ0v) is 8.29. The van der Waals surface area contributed by atoms with Gasteiger partial charge in [0.05, 0.1) is 19.4 Å². The Morgan fingerprint density at radius 3 is 1.81 bits per heavy atom. The molecular formula is C8H13NO7. The van der Waals surface area contributed by atoms with Crippen molar-refractivity contribution in [2.24, 2.45) is 0 Å². The molecule has 0 aliphatic rings. The summed E-state index contributed by atoms with van der Waals surface area (Å²) in [6.45, 7) is -0.588. The third-order valence-corrected chi connectivity index (χ3v) is 1.76. The Labute approximate surface area is 90.5 Å². The number of aliphatic hydroxyl groups excluding tert-OH is 1. The smallest absolute Gasteiger partial charge is 0.321 e. The van der Waals surface area contributed by atoms with Gasteiger partial charge in [0.25, 0.3) is 0 Å². The van der Waals surface area contributed by atoms with Crippen LogP contribution in [0, 0.1) is 0 Å². The summed E-state index contributed by atoms with van der Waals surface area (Å²) >= 11 is 0. The molecule has 8 heteroatoms. The highest BCUT2D eigenvalue weighted by Crippen LogP contribution is 1.99. The zero-order chi connectivity index (χ0) is 12.7. The number of hydrogen-bond donors (Lipinski definition) is 5. The summed E-state index contributed by atoms with van der Waals surface area (Å²) in [5.74, 6) is -3.95. The lowest BCUT2D eigenvalue weighted by Crippen LogP contribution is -2.47. The van der Waals surface area contributed by atoms with E-state index in [9.17, 15) is 14.4 Å². The average Bonchev–Trinajstić information content (AvgIpc) is 2.13. The molecule has 0 aliphatic heterocycles. The fraction of sp³-hybridized carbons (Fsp3) is 0.625. The van der Waals surface area contributed by atoms with Gasteiger partial charge in [-0.05, 0) is 0 Å². The van der Waals surface area contributed by atoms with Crippen LogP contribution in [0.15, 0.2) is 0 Å². The first-order valence-corrected chi connectivity index (χ1v) is 4.40. The second-order valence-corrected chi connectivity index (χ2v) is 3.13. The molecule has 0 radical (unpaired) electrons. The van der Waals surface area contributed by atoms with E-state index < -0.39 is 49.4 Å². The lowest BCUT2D eigenvalue weighted by Gasteiger charge is -2.19. The Hall–Kier alpha value is -1.67. The number of hydrogen-bond acceptors (Lipinski definition) is 5. The van der Waals surface area contributed by atoms with Gasteiger partial charge < -0.3 is 20.4 Å². The molecule has 0 aromatic heterocycles. The fourth-order valence-electron chi connectivity index (χ4n) is 1.06. The minimum Gasteiger partial charge on any atom is -0.481 e. The van der Waals surface area contributed by atoms with Crippen LogP contribution in [0.5, 0.6) is 0 Å². The van der Waals surface area contributed by atoms with E-state index in [-0.39, 0.29) is 0 Å². The van der Waals surface area contributed by atoms with Crippen LogP contribution >= 0.6 is 0 Å². The van der Waals surface area contributed by atoms with E-state index in [4.69, 9.17) is 20.4 Å². The monoisotopic (exact) mass is 235 g/mol. The largest absolute Gasteiger partial charge is 0.481 e. The summed E-state index contributed by atoms with van der Waals surface area (Å²) in [4.78, 5) is 31.3. The van der Waals surface area contributed by atoms with Crippen molar-refractivity contribution in [1.29, 1.82) is 0 Å². The van der Waals surface area contributed by atoms with E-state index >= 15 is 0 Å². The van der Waals surface area contributed by atoms with Crippen molar-refractivity contribution >= 4 is 17.9 Å². The van der Waals surface area contributed by atoms with Crippen molar-refractivity contribution in [1.82, 2.24) is 5.32 Å². The molecule has 5 N–H and O–H groups in total. The molecule has 0 rings (SSSR count). The van der Waals surface area contributed by atoms with Crippen LogP contribution in [-0.2, 0) is 14.4 Å². The van der Waals surface area contributed by atoms with Crippen LogP contribution in [0.2, 0.25) is 0 Å². The maximum Gasteiger partial charge on any atom is 0.321 e. The maximum atomic E-state index is 10.6. The Morgan fingerprint density at radius 1 is 1.00 bits per heavy atom. The maximum absolute atomic E-state index is 10.6. The highest BCUT2D eigenvalue weighted by molar-refractivity contribution is 5.80. The molecule has 2 atom stereocenters.